The molecule has 1 rings (SSSR count). The van der Waals surface area contributed by atoms with Gasteiger partial charge in [-0.25, -0.2) is 0 Å². The highest BCUT2D eigenvalue weighted by Gasteiger charge is 2.38. The van der Waals surface area contributed by atoms with E-state index in [2.05, 4.69) is 44.8 Å². The Balaban J connectivity index is 2.60. The first kappa shape index (κ1) is 13.9. The minimum absolute atomic E-state index is 0.0339. The van der Waals surface area contributed by atoms with Gasteiger partial charge >= 0.3 is 0 Å². The van der Waals surface area contributed by atoms with Gasteiger partial charge in [-0.15, -0.1) is 0 Å². The Hall–Kier alpha value is -0.120. The van der Waals surface area contributed by atoms with E-state index in [1.807, 2.05) is 7.05 Å². The van der Waals surface area contributed by atoms with Crippen molar-refractivity contribution in [1.29, 1.82) is 0 Å². The number of ether oxygens (including phenoxy) is 1. The predicted octanol–water partition coefficient (Wildman–Crippen LogP) is 1.87. The van der Waals surface area contributed by atoms with E-state index >= 15 is 0 Å². The van der Waals surface area contributed by atoms with Crippen LogP contribution in [0.15, 0.2) is 0 Å². The van der Waals surface area contributed by atoms with Crippen LogP contribution in [-0.2, 0) is 4.74 Å². The Bertz CT molecular complexity index is 206. The Labute approximate surface area is 101 Å². The van der Waals surface area contributed by atoms with E-state index in [0.29, 0.717) is 6.04 Å². The normalized spacial score (nSPS) is 26.6. The molecule has 3 heteroatoms. The van der Waals surface area contributed by atoms with Crippen molar-refractivity contribution in [3.05, 3.63) is 0 Å². The Morgan fingerprint density at radius 2 is 1.69 bits per heavy atom. The number of nitrogens with zero attached hydrogens (tertiary/aromatic N) is 1. The van der Waals surface area contributed by atoms with Crippen molar-refractivity contribution in [2.75, 3.05) is 26.7 Å². The molecule has 0 radical (unpaired) electrons. The smallest absolute Gasteiger partial charge is 0.0760 e. The molecule has 1 fully saturated rings. The van der Waals surface area contributed by atoms with Gasteiger partial charge in [0.05, 0.1) is 11.2 Å². The molecule has 1 aliphatic heterocycles. The fraction of sp³-hybridized carbons (Fsp3) is 1.00. The number of rotatable bonds is 4. The molecule has 0 aliphatic carbocycles. The van der Waals surface area contributed by atoms with Crippen LogP contribution in [0.25, 0.3) is 0 Å². The third-order valence-corrected chi connectivity index (χ3v) is 3.14. The summed E-state index contributed by atoms with van der Waals surface area (Å²) in [4.78, 5) is 2.52. The van der Waals surface area contributed by atoms with E-state index < -0.39 is 0 Å². The summed E-state index contributed by atoms with van der Waals surface area (Å²) < 4.78 is 6.08. The second-order valence-electron chi connectivity index (χ2n) is 6.18. The maximum Gasteiger partial charge on any atom is 0.0760 e. The number of nitrogens with one attached hydrogen (secondary N) is 1. The lowest BCUT2D eigenvalue weighted by atomic mass is 9.98. The van der Waals surface area contributed by atoms with Crippen molar-refractivity contribution in [3.63, 3.8) is 0 Å². The average molecular weight is 228 g/mol. The van der Waals surface area contributed by atoms with Gasteiger partial charge in [-0.05, 0) is 41.2 Å². The zero-order chi connectivity index (χ0) is 12.4. The molecule has 0 aromatic heterocycles. The highest BCUT2D eigenvalue weighted by atomic mass is 16.5. The first-order valence-corrected chi connectivity index (χ1v) is 6.38. The van der Waals surface area contributed by atoms with Gasteiger partial charge < -0.3 is 10.1 Å². The molecule has 1 heterocycles. The van der Waals surface area contributed by atoms with Crippen molar-refractivity contribution in [3.8, 4) is 0 Å². The summed E-state index contributed by atoms with van der Waals surface area (Å²) in [6, 6.07) is 0.588. The molecule has 1 N–H and O–H groups in total. The zero-order valence-corrected chi connectivity index (χ0v) is 11.8. The van der Waals surface area contributed by atoms with Gasteiger partial charge in [0.15, 0.2) is 0 Å². The lowest BCUT2D eigenvalue weighted by molar-refractivity contribution is -0.181. The van der Waals surface area contributed by atoms with Crippen LogP contribution in [-0.4, -0.2) is 48.8 Å². The minimum atomic E-state index is -0.0339. The molecule has 3 nitrogen and oxygen atoms in total. The first-order chi connectivity index (χ1) is 7.28. The van der Waals surface area contributed by atoms with Crippen LogP contribution in [0.2, 0.25) is 0 Å². The standard InChI is InChI=1S/C13H28N2O/c1-7-11(14-6)8-15-9-12(2,3)16-13(4,5)10-15/h11,14H,7-10H2,1-6H3. The van der Waals surface area contributed by atoms with Gasteiger partial charge in [0.1, 0.15) is 0 Å². The van der Waals surface area contributed by atoms with Crippen LogP contribution in [0, 0.1) is 0 Å². The van der Waals surface area contributed by atoms with Crippen molar-refractivity contribution in [2.24, 2.45) is 0 Å². The van der Waals surface area contributed by atoms with E-state index in [9.17, 15) is 0 Å². The summed E-state index contributed by atoms with van der Waals surface area (Å²) in [5, 5.41) is 3.37. The summed E-state index contributed by atoms with van der Waals surface area (Å²) in [7, 11) is 2.05. The molecule has 1 unspecified atom stereocenters. The molecule has 0 spiro atoms. The van der Waals surface area contributed by atoms with Crippen LogP contribution in [0.4, 0.5) is 0 Å². The van der Waals surface area contributed by atoms with Gasteiger partial charge in [-0.3, -0.25) is 4.90 Å². The molecule has 0 aromatic rings. The molecule has 16 heavy (non-hydrogen) atoms. The van der Waals surface area contributed by atoms with Gasteiger partial charge in [0.2, 0.25) is 0 Å². The lowest BCUT2D eigenvalue weighted by Gasteiger charge is -2.48. The van der Waals surface area contributed by atoms with E-state index in [0.717, 1.165) is 19.6 Å². The number of hydrogen-bond donors (Lipinski definition) is 1. The Kier molecular flexibility index (Phi) is 4.38. The highest BCUT2D eigenvalue weighted by Crippen LogP contribution is 2.28. The van der Waals surface area contributed by atoms with E-state index in [1.54, 1.807) is 0 Å². The van der Waals surface area contributed by atoms with E-state index in [-0.39, 0.29) is 11.2 Å². The van der Waals surface area contributed by atoms with Gasteiger partial charge in [-0.2, -0.15) is 0 Å². The van der Waals surface area contributed by atoms with Gasteiger partial charge in [-0.1, -0.05) is 6.92 Å². The maximum atomic E-state index is 6.08. The minimum Gasteiger partial charge on any atom is -0.367 e. The third-order valence-electron chi connectivity index (χ3n) is 3.14. The van der Waals surface area contributed by atoms with Crippen LogP contribution in [0.3, 0.4) is 0 Å². The van der Waals surface area contributed by atoms with Crippen LogP contribution >= 0.6 is 0 Å². The van der Waals surface area contributed by atoms with Crippen molar-refractivity contribution < 1.29 is 4.74 Å². The van der Waals surface area contributed by atoms with Crippen molar-refractivity contribution in [1.82, 2.24) is 10.2 Å². The molecule has 0 amide bonds. The summed E-state index contributed by atoms with van der Waals surface area (Å²) in [6.45, 7) is 14.1. The first-order valence-electron chi connectivity index (χ1n) is 6.38. The van der Waals surface area contributed by atoms with Crippen LogP contribution in [0.1, 0.15) is 41.0 Å². The van der Waals surface area contributed by atoms with Crippen LogP contribution in [0.5, 0.6) is 0 Å². The average Bonchev–Trinajstić information content (AvgIpc) is 2.09. The quantitative estimate of drug-likeness (QED) is 0.795. The highest BCUT2D eigenvalue weighted by molar-refractivity contribution is 4.90. The fourth-order valence-corrected chi connectivity index (χ4v) is 2.81. The largest absolute Gasteiger partial charge is 0.367 e. The zero-order valence-electron chi connectivity index (χ0n) is 11.8. The molecule has 1 atom stereocenters. The monoisotopic (exact) mass is 228 g/mol. The summed E-state index contributed by atoms with van der Waals surface area (Å²) >= 11 is 0. The summed E-state index contributed by atoms with van der Waals surface area (Å²) in [6.07, 6.45) is 1.18. The van der Waals surface area contributed by atoms with Crippen LogP contribution < -0.4 is 5.32 Å². The second kappa shape index (κ2) is 5.03. The van der Waals surface area contributed by atoms with Gasteiger partial charge in [0.25, 0.3) is 0 Å². The molecular formula is C13H28N2O. The van der Waals surface area contributed by atoms with E-state index in [4.69, 9.17) is 4.74 Å². The molecule has 0 bridgehead atoms. The van der Waals surface area contributed by atoms with Gasteiger partial charge in [0, 0.05) is 25.7 Å². The maximum absolute atomic E-state index is 6.08. The summed E-state index contributed by atoms with van der Waals surface area (Å²) in [5.41, 5.74) is -0.0679. The molecule has 0 saturated carbocycles. The lowest BCUT2D eigenvalue weighted by Crippen LogP contribution is -2.59. The predicted molar refractivity (Wildman–Crippen MR) is 68.8 cm³/mol. The SMILES string of the molecule is CCC(CN1CC(C)(C)OC(C)(C)C1)NC. The molecule has 1 aliphatic rings. The fourth-order valence-electron chi connectivity index (χ4n) is 2.81. The number of likely N-dealkylation sites (N-methyl/N-ethyl adjacent to an activating group) is 1. The number of hydrogen-bond acceptors (Lipinski definition) is 3. The topological polar surface area (TPSA) is 24.5 Å². The molecule has 0 aromatic carbocycles. The van der Waals surface area contributed by atoms with Crippen molar-refractivity contribution >= 4 is 0 Å². The number of morpholine rings is 1. The van der Waals surface area contributed by atoms with E-state index in [1.165, 1.54) is 6.42 Å². The van der Waals surface area contributed by atoms with Crippen molar-refractivity contribution in [2.45, 2.75) is 58.3 Å². The Morgan fingerprint density at radius 3 is 2.06 bits per heavy atom. The molecular weight excluding hydrogens is 200 g/mol. The molecule has 1 saturated heterocycles. The molecule has 96 valence electrons. The Morgan fingerprint density at radius 1 is 1.19 bits per heavy atom. The second-order valence-corrected chi connectivity index (χ2v) is 6.18. The summed E-state index contributed by atoms with van der Waals surface area (Å²) in [5.74, 6) is 0. The third kappa shape index (κ3) is 4.04.